The molecule has 0 radical (unpaired) electrons. The molecular formula is C21H23F2N2O2+. The van der Waals surface area contributed by atoms with E-state index in [0.717, 1.165) is 17.2 Å². The summed E-state index contributed by atoms with van der Waals surface area (Å²) in [4.78, 5) is 11.6. The molecule has 0 unspecified atom stereocenters. The van der Waals surface area contributed by atoms with Crippen LogP contribution >= 0.6 is 0 Å². The number of carbonyl (C=O) groups excluding carboxylic acids is 1. The minimum Gasteiger partial charge on any atom is -0.385 e. The Morgan fingerprint density at radius 2 is 1.89 bits per heavy atom. The van der Waals surface area contributed by atoms with E-state index in [1.165, 1.54) is 24.4 Å². The Bertz CT molecular complexity index is 819. The van der Waals surface area contributed by atoms with E-state index >= 15 is 0 Å². The molecule has 0 aromatic heterocycles. The predicted octanol–water partition coefficient (Wildman–Crippen LogP) is 1.40. The van der Waals surface area contributed by atoms with Gasteiger partial charge in [-0.25, -0.2) is 13.6 Å². The molecule has 0 spiro atoms. The molecule has 0 bridgehead atoms. The van der Waals surface area contributed by atoms with Gasteiger partial charge in [0.1, 0.15) is 23.8 Å². The van der Waals surface area contributed by atoms with E-state index in [1.807, 2.05) is 36.4 Å². The molecule has 3 atom stereocenters. The highest BCUT2D eigenvalue weighted by atomic mass is 19.1. The summed E-state index contributed by atoms with van der Waals surface area (Å²) in [5, 5.41) is 15.5. The third-order valence-corrected chi connectivity index (χ3v) is 4.70. The number of benzene rings is 2. The van der Waals surface area contributed by atoms with Crippen molar-refractivity contribution in [3.8, 4) is 0 Å². The first-order valence-electron chi connectivity index (χ1n) is 8.90. The molecule has 1 aliphatic heterocycles. The number of aliphatic hydroxyl groups excluding tert-OH is 1. The zero-order valence-electron chi connectivity index (χ0n) is 15.0. The number of hydrogen-bond donors (Lipinski definition) is 3. The van der Waals surface area contributed by atoms with Gasteiger partial charge in [-0.15, -0.1) is 0 Å². The number of primary amides is 1. The van der Waals surface area contributed by atoms with Crippen LogP contribution in [0.4, 0.5) is 8.78 Å². The van der Waals surface area contributed by atoms with Crippen molar-refractivity contribution in [2.75, 3.05) is 6.54 Å². The molecular weight excluding hydrogens is 350 g/mol. The van der Waals surface area contributed by atoms with E-state index < -0.39 is 23.8 Å². The Morgan fingerprint density at radius 3 is 2.52 bits per heavy atom. The highest BCUT2D eigenvalue weighted by molar-refractivity contribution is 5.69. The summed E-state index contributed by atoms with van der Waals surface area (Å²) in [6, 6.07) is 12.2. The fourth-order valence-corrected chi connectivity index (χ4v) is 3.48. The molecule has 1 heterocycles. The summed E-state index contributed by atoms with van der Waals surface area (Å²) < 4.78 is 27.0. The second-order valence-electron chi connectivity index (χ2n) is 6.88. The number of nitrogens with two attached hydrogens (primary N) is 1. The molecule has 3 rings (SSSR count). The molecule has 0 saturated carbocycles. The summed E-state index contributed by atoms with van der Waals surface area (Å²) in [7, 11) is 0. The molecule has 4 N–H and O–H groups in total. The maximum absolute atomic E-state index is 13.5. The van der Waals surface area contributed by atoms with Gasteiger partial charge < -0.3 is 10.4 Å². The van der Waals surface area contributed by atoms with Crippen LogP contribution in [0.1, 0.15) is 18.1 Å². The van der Waals surface area contributed by atoms with Gasteiger partial charge in [-0.3, -0.25) is 5.32 Å². The lowest BCUT2D eigenvalue weighted by Gasteiger charge is -2.24. The van der Waals surface area contributed by atoms with Gasteiger partial charge in [0.2, 0.25) is 0 Å². The maximum atomic E-state index is 13.5. The van der Waals surface area contributed by atoms with Crippen molar-refractivity contribution in [2.24, 2.45) is 0 Å². The molecule has 0 saturated heterocycles. The number of nitrogens with one attached hydrogen (secondary N) is 1. The topological polar surface area (TPSA) is 65.9 Å². The second kappa shape index (κ2) is 8.52. The van der Waals surface area contributed by atoms with Crippen molar-refractivity contribution in [3.63, 3.8) is 0 Å². The largest absolute Gasteiger partial charge is 0.385 e. The highest BCUT2D eigenvalue weighted by Crippen LogP contribution is 2.21. The maximum Gasteiger partial charge on any atom is 0.307 e. The second-order valence-corrected chi connectivity index (χ2v) is 6.88. The first-order chi connectivity index (χ1) is 12.9. The van der Waals surface area contributed by atoms with Crippen LogP contribution in [-0.2, 0) is 11.2 Å². The number of amides is 1. The highest BCUT2D eigenvalue weighted by Gasteiger charge is 2.33. The van der Waals surface area contributed by atoms with E-state index in [2.05, 4.69) is 5.32 Å². The van der Waals surface area contributed by atoms with Crippen molar-refractivity contribution in [3.05, 3.63) is 77.4 Å². The molecule has 1 aliphatic rings. The minimum atomic E-state index is -0.901. The van der Waals surface area contributed by atoms with Gasteiger partial charge in [-0.05, 0) is 28.8 Å². The molecule has 2 aromatic carbocycles. The lowest BCUT2D eigenvalue weighted by molar-refractivity contribution is -0.614. The standard InChI is InChI=1S/C21H22F2N2O2/c1-13(26)25-20(9-14-7-17(22)11-18(23)8-14)21(27)19-10-16(12-24-19)15-5-3-2-4-6-15/h2-8,10-11,19-21,24,27H,9,12H2,1H3,(H,25,26)/p+1/t19-,20+,21-/m1/s1. The van der Waals surface area contributed by atoms with Gasteiger partial charge >= 0.3 is 5.91 Å². The SMILES string of the molecule is CC(=O)[NH2+][C@@H](Cc1cc(F)cc(F)c1)[C@H](O)[C@H]1C=C(c2ccccc2)CN1. The average Bonchev–Trinajstić information content (AvgIpc) is 3.10. The predicted molar refractivity (Wildman–Crippen MR) is 98.7 cm³/mol. The van der Waals surface area contributed by atoms with Gasteiger partial charge in [0.25, 0.3) is 0 Å². The van der Waals surface area contributed by atoms with Crippen LogP contribution in [0.15, 0.2) is 54.6 Å². The monoisotopic (exact) mass is 373 g/mol. The van der Waals surface area contributed by atoms with Gasteiger partial charge in [-0.2, -0.15) is 0 Å². The fraction of sp³-hybridized carbons (Fsp3) is 0.286. The van der Waals surface area contributed by atoms with E-state index in [9.17, 15) is 18.7 Å². The summed E-state index contributed by atoms with van der Waals surface area (Å²) in [6.07, 6.45) is 1.22. The molecule has 2 aromatic rings. The average molecular weight is 373 g/mol. The lowest BCUT2D eigenvalue weighted by Crippen LogP contribution is -2.96. The zero-order valence-corrected chi connectivity index (χ0v) is 15.0. The smallest absolute Gasteiger partial charge is 0.307 e. The van der Waals surface area contributed by atoms with Crippen molar-refractivity contribution < 1.29 is 24.0 Å². The van der Waals surface area contributed by atoms with E-state index in [-0.39, 0.29) is 18.4 Å². The van der Waals surface area contributed by atoms with E-state index in [4.69, 9.17) is 0 Å². The number of quaternary nitrogens is 1. The van der Waals surface area contributed by atoms with Crippen LogP contribution in [0.5, 0.6) is 0 Å². The molecule has 4 nitrogen and oxygen atoms in total. The number of carbonyl (C=O) groups is 1. The van der Waals surface area contributed by atoms with Gasteiger partial charge in [-0.1, -0.05) is 36.4 Å². The Hall–Kier alpha value is -2.41. The van der Waals surface area contributed by atoms with Crippen molar-refractivity contribution in [1.29, 1.82) is 0 Å². The summed E-state index contributed by atoms with van der Waals surface area (Å²) in [5.74, 6) is -1.54. The Labute approximate surface area is 156 Å². The van der Waals surface area contributed by atoms with Crippen LogP contribution in [0.25, 0.3) is 5.57 Å². The minimum absolute atomic E-state index is 0.169. The number of rotatable bonds is 6. The van der Waals surface area contributed by atoms with E-state index in [1.54, 1.807) is 0 Å². The number of hydrogen-bond acceptors (Lipinski definition) is 3. The van der Waals surface area contributed by atoms with Gasteiger partial charge in [0.15, 0.2) is 0 Å². The third-order valence-electron chi connectivity index (χ3n) is 4.70. The molecule has 142 valence electrons. The summed E-state index contributed by atoms with van der Waals surface area (Å²) in [5.41, 5.74) is 2.54. The molecule has 1 amide bonds. The number of aliphatic hydroxyl groups is 1. The van der Waals surface area contributed by atoms with E-state index in [0.29, 0.717) is 12.1 Å². The number of halogens is 2. The van der Waals surface area contributed by atoms with Crippen LogP contribution in [0.2, 0.25) is 0 Å². The molecule has 27 heavy (non-hydrogen) atoms. The Kier molecular flexibility index (Phi) is 6.11. The first kappa shape index (κ1) is 19.4. The molecule has 6 heteroatoms. The zero-order chi connectivity index (χ0) is 19.4. The first-order valence-corrected chi connectivity index (χ1v) is 8.90. The van der Waals surface area contributed by atoms with Gasteiger partial charge in [0, 0.05) is 19.0 Å². The summed E-state index contributed by atoms with van der Waals surface area (Å²) >= 11 is 0. The van der Waals surface area contributed by atoms with Crippen LogP contribution < -0.4 is 10.6 Å². The Morgan fingerprint density at radius 1 is 1.22 bits per heavy atom. The fourth-order valence-electron chi connectivity index (χ4n) is 3.48. The Balaban J connectivity index is 1.78. The van der Waals surface area contributed by atoms with Crippen LogP contribution in [-0.4, -0.2) is 35.7 Å². The van der Waals surface area contributed by atoms with Gasteiger partial charge in [0.05, 0.1) is 13.0 Å². The molecule has 0 fully saturated rings. The van der Waals surface area contributed by atoms with Crippen molar-refractivity contribution in [1.82, 2.24) is 5.32 Å². The van der Waals surface area contributed by atoms with Crippen molar-refractivity contribution in [2.45, 2.75) is 31.5 Å². The lowest BCUT2D eigenvalue weighted by atomic mass is 9.95. The van der Waals surface area contributed by atoms with Crippen molar-refractivity contribution >= 4 is 11.5 Å². The normalized spacial score (nSPS) is 18.8. The molecule has 0 aliphatic carbocycles. The van der Waals surface area contributed by atoms with Crippen LogP contribution in [0, 0.1) is 11.6 Å². The third kappa shape index (κ3) is 5.07. The van der Waals surface area contributed by atoms with Crippen LogP contribution in [0.3, 0.4) is 0 Å². The summed E-state index contributed by atoms with van der Waals surface area (Å²) in [6.45, 7) is 2.01. The quantitative estimate of drug-likeness (QED) is 0.717.